The zero-order chi connectivity index (χ0) is 22.6. The molecule has 0 saturated carbocycles. The first-order chi connectivity index (χ1) is 14.7. The number of ether oxygens (including phenoxy) is 4. The molecule has 2 aromatic rings. The molecule has 0 atom stereocenters. The molecule has 3 rings (SSSR count). The molecule has 0 unspecified atom stereocenters. The Balaban J connectivity index is 1.74. The molecule has 0 N–H and O–H groups in total. The summed E-state index contributed by atoms with van der Waals surface area (Å²) in [7, 11) is 2.85. The lowest BCUT2D eigenvalue weighted by Gasteiger charge is -2.26. The third kappa shape index (κ3) is 5.69. The van der Waals surface area contributed by atoms with Gasteiger partial charge in [-0.15, -0.1) is 0 Å². The summed E-state index contributed by atoms with van der Waals surface area (Å²) in [4.78, 5) is 25.9. The van der Waals surface area contributed by atoms with Crippen LogP contribution in [0.4, 0.5) is 4.79 Å². The van der Waals surface area contributed by atoms with E-state index in [1.165, 1.54) is 19.8 Å². The summed E-state index contributed by atoms with van der Waals surface area (Å²) in [6.07, 6.45) is 1.18. The summed E-state index contributed by atoms with van der Waals surface area (Å²) in [6.45, 7) is 6.81. The molecule has 0 spiro atoms. The van der Waals surface area contributed by atoms with E-state index < -0.39 is 11.6 Å². The Kier molecular flexibility index (Phi) is 6.73. The number of benzene rings is 2. The predicted octanol–water partition coefficient (Wildman–Crippen LogP) is 4.61. The minimum absolute atomic E-state index is 0.285. The van der Waals surface area contributed by atoms with E-state index in [4.69, 9.17) is 18.9 Å². The highest BCUT2D eigenvalue weighted by Gasteiger charge is 2.24. The molecule has 1 aliphatic heterocycles. The van der Waals surface area contributed by atoms with Gasteiger partial charge in [0, 0.05) is 13.1 Å². The lowest BCUT2D eigenvalue weighted by Crippen LogP contribution is -2.38. The molecular formula is C24H29NO6. The van der Waals surface area contributed by atoms with Crippen molar-refractivity contribution < 1.29 is 28.5 Å². The van der Waals surface area contributed by atoms with Crippen LogP contribution < -0.4 is 9.47 Å². The van der Waals surface area contributed by atoms with Gasteiger partial charge in [0.2, 0.25) is 0 Å². The Morgan fingerprint density at radius 1 is 0.903 bits per heavy atom. The van der Waals surface area contributed by atoms with Gasteiger partial charge in [-0.25, -0.2) is 9.59 Å². The van der Waals surface area contributed by atoms with Crippen LogP contribution in [0.25, 0.3) is 0 Å². The lowest BCUT2D eigenvalue weighted by molar-refractivity contribution is 0.0258. The Bertz CT molecular complexity index is 963. The Morgan fingerprint density at radius 3 is 2.26 bits per heavy atom. The summed E-state index contributed by atoms with van der Waals surface area (Å²) in [5.41, 5.74) is 2.19. The van der Waals surface area contributed by atoms with E-state index >= 15 is 0 Å². The minimum atomic E-state index is -0.514. The molecule has 1 heterocycles. The van der Waals surface area contributed by atoms with Crippen molar-refractivity contribution in [1.82, 2.24) is 4.90 Å². The van der Waals surface area contributed by atoms with Crippen molar-refractivity contribution >= 4 is 12.1 Å². The van der Waals surface area contributed by atoms with Crippen LogP contribution in [0.3, 0.4) is 0 Å². The molecule has 1 aliphatic rings. The number of nitrogens with zero attached hydrogens (tertiary/aromatic N) is 1. The molecule has 0 aliphatic carbocycles. The monoisotopic (exact) mass is 427 g/mol. The van der Waals surface area contributed by atoms with E-state index in [9.17, 15) is 9.59 Å². The molecule has 0 radical (unpaired) electrons. The van der Waals surface area contributed by atoms with Gasteiger partial charge in [0.05, 0.1) is 19.8 Å². The Morgan fingerprint density at radius 2 is 1.61 bits per heavy atom. The standard InChI is InChI=1S/C24H29NO6/c1-24(2,3)31-23(27)25-12-10-16-6-8-19(14-17(16)11-13-25)30-20-9-7-18(22(26)29-5)15-21(20)28-4/h6-9,14-15H,10-13H2,1-5H3. The van der Waals surface area contributed by atoms with Crippen LogP contribution in [0.2, 0.25) is 0 Å². The maximum atomic E-state index is 12.4. The van der Waals surface area contributed by atoms with Crippen LogP contribution in [0.15, 0.2) is 36.4 Å². The quantitative estimate of drug-likeness (QED) is 0.664. The molecule has 2 aromatic carbocycles. The van der Waals surface area contributed by atoms with Crippen LogP contribution in [-0.4, -0.2) is 49.9 Å². The second-order valence-electron chi connectivity index (χ2n) is 8.36. The molecule has 31 heavy (non-hydrogen) atoms. The molecule has 1 amide bonds. The summed E-state index contributed by atoms with van der Waals surface area (Å²) >= 11 is 0. The Hall–Kier alpha value is -3.22. The maximum absolute atomic E-state index is 12.4. The second-order valence-corrected chi connectivity index (χ2v) is 8.36. The van der Waals surface area contributed by atoms with Crippen molar-refractivity contribution in [3.63, 3.8) is 0 Å². The Labute approximate surface area is 182 Å². The normalized spacial score (nSPS) is 13.6. The average molecular weight is 427 g/mol. The van der Waals surface area contributed by atoms with Gasteiger partial charge in [0.1, 0.15) is 11.4 Å². The number of hydrogen-bond donors (Lipinski definition) is 0. The first kappa shape index (κ1) is 22.5. The zero-order valence-electron chi connectivity index (χ0n) is 18.7. The van der Waals surface area contributed by atoms with Gasteiger partial charge in [-0.2, -0.15) is 0 Å². The van der Waals surface area contributed by atoms with E-state index in [0.717, 1.165) is 12.0 Å². The van der Waals surface area contributed by atoms with Crippen LogP contribution in [-0.2, 0) is 22.3 Å². The summed E-state index contributed by atoms with van der Waals surface area (Å²) in [5.74, 6) is 1.16. The molecule has 0 aromatic heterocycles. The number of methoxy groups -OCH3 is 2. The minimum Gasteiger partial charge on any atom is -0.493 e. The molecule has 166 valence electrons. The van der Waals surface area contributed by atoms with Gasteiger partial charge >= 0.3 is 12.1 Å². The lowest BCUT2D eigenvalue weighted by atomic mass is 10.0. The molecule has 0 fully saturated rings. The molecule has 7 heteroatoms. The van der Waals surface area contributed by atoms with E-state index in [-0.39, 0.29) is 6.09 Å². The fraction of sp³-hybridized carbons (Fsp3) is 0.417. The number of amides is 1. The van der Waals surface area contributed by atoms with Crippen molar-refractivity contribution in [2.45, 2.75) is 39.2 Å². The van der Waals surface area contributed by atoms with E-state index in [1.54, 1.807) is 23.1 Å². The maximum Gasteiger partial charge on any atom is 0.410 e. The van der Waals surface area contributed by atoms with Crippen LogP contribution in [0.1, 0.15) is 42.3 Å². The zero-order valence-corrected chi connectivity index (χ0v) is 18.7. The molecule has 0 bridgehead atoms. The fourth-order valence-electron chi connectivity index (χ4n) is 3.40. The van der Waals surface area contributed by atoms with Gasteiger partial charge in [-0.3, -0.25) is 0 Å². The van der Waals surface area contributed by atoms with Gasteiger partial charge in [0.15, 0.2) is 11.5 Å². The highest BCUT2D eigenvalue weighted by Crippen LogP contribution is 2.34. The van der Waals surface area contributed by atoms with E-state index in [1.807, 2.05) is 39.0 Å². The highest BCUT2D eigenvalue weighted by atomic mass is 16.6. The number of esters is 1. The van der Waals surface area contributed by atoms with Gasteiger partial charge in [-0.1, -0.05) is 6.07 Å². The summed E-state index contributed by atoms with van der Waals surface area (Å²) < 4.78 is 21.7. The largest absolute Gasteiger partial charge is 0.493 e. The number of fused-ring (bicyclic) bond motifs is 1. The van der Waals surface area contributed by atoms with Crippen LogP contribution in [0.5, 0.6) is 17.2 Å². The van der Waals surface area contributed by atoms with Crippen molar-refractivity contribution in [3.8, 4) is 17.2 Å². The number of carbonyl (C=O) groups is 2. The molecule has 7 nitrogen and oxygen atoms in total. The van der Waals surface area contributed by atoms with E-state index in [0.29, 0.717) is 42.3 Å². The predicted molar refractivity (Wildman–Crippen MR) is 116 cm³/mol. The molecule has 0 saturated heterocycles. The topological polar surface area (TPSA) is 74.3 Å². The smallest absolute Gasteiger partial charge is 0.410 e. The highest BCUT2D eigenvalue weighted by molar-refractivity contribution is 5.90. The van der Waals surface area contributed by atoms with Crippen LogP contribution in [0, 0.1) is 0 Å². The van der Waals surface area contributed by atoms with Crippen molar-refractivity contribution in [3.05, 3.63) is 53.1 Å². The first-order valence-electron chi connectivity index (χ1n) is 10.2. The SMILES string of the molecule is COC(=O)c1ccc(Oc2ccc3c(c2)CCN(C(=O)OC(C)(C)C)CC3)c(OC)c1. The second kappa shape index (κ2) is 9.29. The number of hydrogen-bond acceptors (Lipinski definition) is 6. The average Bonchev–Trinajstić information content (AvgIpc) is 2.94. The van der Waals surface area contributed by atoms with Crippen molar-refractivity contribution in [2.24, 2.45) is 0 Å². The first-order valence-corrected chi connectivity index (χ1v) is 10.2. The summed E-state index contributed by atoms with van der Waals surface area (Å²) in [6, 6.07) is 10.8. The molecular weight excluding hydrogens is 398 g/mol. The fourth-order valence-corrected chi connectivity index (χ4v) is 3.40. The van der Waals surface area contributed by atoms with Crippen molar-refractivity contribution in [1.29, 1.82) is 0 Å². The van der Waals surface area contributed by atoms with E-state index in [2.05, 4.69) is 0 Å². The third-order valence-corrected chi connectivity index (χ3v) is 4.94. The van der Waals surface area contributed by atoms with Gasteiger partial charge < -0.3 is 23.8 Å². The van der Waals surface area contributed by atoms with Crippen molar-refractivity contribution in [2.75, 3.05) is 27.3 Å². The third-order valence-electron chi connectivity index (χ3n) is 4.94. The summed E-state index contributed by atoms with van der Waals surface area (Å²) in [5, 5.41) is 0. The number of rotatable bonds is 4. The van der Waals surface area contributed by atoms with Gasteiger partial charge in [-0.05, 0) is 75.1 Å². The van der Waals surface area contributed by atoms with Crippen LogP contribution >= 0.6 is 0 Å². The number of carbonyl (C=O) groups excluding carboxylic acids is 2. The van der Waals surface area contributed by atoms with Gasteiger partial charge in [0.25, 0.3) is 0 Å².